The number of nitrogens with zero attached hydrogens (tertiary/aromatic N) is 1. The van der Waals surface area contributed by atoms with Gasteiger partial charge < -0.3 is 14.8 Å². The number of sulfonamides is 1. The minimum atomic E-state index is -3.46. The minimum absolute atomic E-state index is 0.160. The Morgan fingerprint density at radius 3 is 2.37 bits per heavy atom. The summed E-state index contributed by atoms with van der Waals surface area (Å²) in [7, 11) is -3.46. The van der Waals surface area contributed by atoms with Gasteiger partial charge in [-0.15, -0.1) is 0 Å². The Morgan fingerprint density at radius 1 is 1.03 bits per heavy atom. The molecule has 1 fully saturated rings. The van der Waals surface area contributed by atoms with Crippen LogP contribution in [0.2, 0.25) is 0 Å². The van der Waals surface area contributed by atoms with E-state index < -0.39 is 10.0 Å². The fraction of sp³-hybridized carbons (Fsp3) is 0.409. The Balaban J connectivity index is 1.51. The summed E-state index contributed by atoms with van der Waals surface area (Å²) >= 11 is 0. The van der Waals surface area contributed by atoms with Crippen LogP contribution in [-0.2, 0) is 14.8 Å². The Labute approximate surface area is 178 Å². The molecule has 1 aliphatic rings. The molecule has 1 heterocycles. The lowest BCUT2D eigenvalue weighted by molar-refractivity contribution is -0.118. The highest BCUT2D eigenvalue weighted by molar-refractivity contribution is 7.89. The van der Waals surface area contributed by atoms with Crippen molar-refractivity contribution >= 4 is 21.6 Å². The first-order chi connectivity index (χ1) is 14.5. The number of ether oxygens (including phenoxy) is 2. The van der Waals surface area contributed by atoms with Gasteiger partial charge in [0.05, 0.1) is 11.5 Å². The van der Waals surface area contributed by atoms with Crippen molar-refractivity contribution in [3.05, 3.63) is 48.5 Å². The molecule has 30 heavy (non-hydrogen) atoms. The first-order valence-electron chi connectivity index (χ1n) is 10.2. The molecule has 1 N–H and O–H groups in total. The number of rotatable bonds is 10. The monoisotopic (exact) mass is 432 g/mol. The van der Waals surface area contributed by atoms with Crippen LogP contribution in [0.4, 0.5) is 5.69 Å². The maximum Gasteiger partial charge on any atom is 0.262 e. The summed E-state index contributed by atoms with van der Waals surface area (Å²) < 4.78 is 37.8. The van der Waals surface area contributed by atoms with Gasteiger partial charge in [0.2, 0.25) is 10.0 Å². The molecule has 2 aromatic carbocycles. The van der Waals surface area contributed by atoms with Gasteiger partial charge in [0, 0.05) is 24.8 Å². The molecule has 0 bridgehead atoms. The van der Waals surface area contributed by atoms with E-state index in [4.69, 9.17) is 9.47 Å². The van der Waals surface area contributed by atoms with E-state index >= 15 is 0 Å². The lowest BCUT2D eigenvalue weighted by Crippen LogP contribution is -2.27. The third-order valence-electron chi connectivity index (χ3n) is 4.78. The van der Waals surface area contributed by atoms with Crippen molar-refractivity contribution in [2.24, 2.45) is 0 Å². The lowest BCUT2D eigenvalue weighted by atomic mass is 10.3. The summed E-state index contributed by atoms with van der Waals surface area (Å²) in [6, 6.07) is 13.4. The van der Waals surface area contributed by atoms with E-state index in [1.807, 2.05) is 12.1 Å². The first-order valence-corrected chi connectivity index (χ1v) is 11.7. The zero-order chi connectivity index (χ0) is 21.4. The molecular formula is C22H28N2O5S. The minimum Gasteiger partial charge on any atom is -0.493 e. The molecule has 8 heteroatoms. The van der Waals surface area contributed by atoms with Crippen molar-refractivity contribution in [1.82, 2.24) is 4.31 Å². The summed E-state index contributed by atoms with van der Waals surface area (Å²) in [6.07, 6.45) is 3.81. The molecule has 162 valence electrons. The summed E-state index contributed by atoms with van der Waals surface area (Å²) in [5.74, 6) is 0.921. The van der Waals surface area contributed by atoms with Gasteiger partial charge in [-0.1, -0.05) is 19.4 Å². The van der Waals surface area contributed by atoms with Crippen molar-refractivity contribution in [1.29, 1.82) is 0 Å². The molecule has 0 unspecified atom stereocenters. The standard InChI is InChI=1S/C22H28N2O5S/c1-2-3-15-28-19-7-6-8-20(16-19)29-17-22(25)23-18-9-11-21(12-10-18)30(26,27)24-13-4-5-14-24/h6-12,16H,2-5,13-15,17H2,1H3,(H,23,25). The molecule has 3 rings (SSSR count). The lowest BCUT2D eigenvalue weighted by Gasteiger charge is -2.15. The number of hydrogen-bond acceptors (Lipinski definition) is 5. The van der Waals surface area contributed by atoms with Crippen LogP contribution in [0.1, 0.15) is 32.6 Å². The molecule has 7 nitrogen and oxygen atoms in total. The summed E-state index contributed by atoms with van der Waals surface area (Å²) in [5, 5.41) is 2.71. The van der Waals surface area contributed by atoms with Crippen LogP contribution >= 0.6 is 0 Å². The summed E-state index contributed by atoms with van der Waals surface area (Å²) in [6.45, 7) is 3.70. The highest BCUT2D eigenvalue weighted by atomic mass is 32.2. The first kappa shape index (κ1) is 22.1. The Hall–Kier alpha value is -2.58. The second kappa shape index (κ2) is 10.4. The number of benzene rings is 2. The highest BCUT2D eigenvalue weighted by Gasteiger charge is 2.26. The van der Waals surface area contributed by atoms with Gasteiger partial charge in [-0.05, 0) is 55.7 Å². The van der Waals surface area contributed by atoms with E-state index in [9.17, 15) is 13.2 Å². The number of nitrogens with one attached hydrogen (secondary N) is 1. The predicted octanol–water partition coefficient (Wildman–Crippen LogP) is 3.67. The van der Waals surface area contributed by atoms with Crippen LogP contribution in [-0.4, -0.2) is 44.9 Å². The molecule has 0 spiro atoms. The molecule has 0 radical (unpaired) electrons. The van der Waals surface area contributed by atoms with Crippen LogP contribution in [0, 0.1) is 0 Å². The van der Waals surface area contributed by atoms with E-state index in [-0.39, 0.29) is 17.4 Å². The topological polar surface area (TPSA) is 84.9 Å². The number of carbonyl (C=O) groups is 1. The molecule has 1 amide bonds. The third kappa shape index (κ3) is 5.96. The van der Waals surface area contributed by atoms with E-state index in [1.54, 1.807) is 24.3 Å². The van der Waals surface area contributed by atoms with Gasteiger partial charge in [-0.2, -0.15) is 4.31 Å². The van der Waals surface area contributed by atoms with E-state index in [2.05, 4.69) is 12.2 Å². The van der Waals surface area contributed by atoms with E-state index in [0.717, 1.165) is 25.7 Å². The van der Waals surface area contributed by atoms with E-state index in [1.165, 1.54) is 16.4 Å². The smallest absolute Gasteiger partial charge is 0.262 e. The van der Waals surface area contributed by atoms with Crippen molar-refractivity contribution in [3.63, 3.8) is 0 Å². The molecule has 0 atom stereocenters. The Bertz CT molecular complexity index is 938. The van der Waals surface area contributed by atoms with Crippen LogP contribution in [0.5, 0.6) is 11.5 Å². The number of carbonyl (C=O) groups excluding carboxylic acids is 1. The van der Waals surface area contributed by atoms with Gasteiger partial charge in [0.15, 0.2) is 6.61 Å². The average molecular weight is 433 g/mol. The number of amides is 1. The second-order valence-corrected chi connectivity index (χ2v) is 9.09. The van der Waals surface area contributed by atoms with Gasteiger partial charge >= 0.3 is 0 Å². The van der Waals surface area contributed by atoms with Crippen LogP contribution in [0.3, 0.4) is 0 Å². The largest absolute Gasteiger partial charge is 0.493 e. The zero-order valence-corrected chi connectivity index (χ0v) is 18.0. The Morgan fingerprint density at radius 2 is 1.70 bits per heavy atom. The third-order valence-corrected chi connectivity index (χ3v) is 6.70. The summed E-state index contributed by atoms with van der Waals surface area (Å²) in [4.78, 5) is 12.4. The van der Waals surface area contributed by atoms with Crippen LogP contribution in [0.15, 0.2) is 53.4 Å². The molecule has 1 saturated heterocycles. The van der Waals surface area contributed by atoms with E-state index in [0.29, 0.717) is 36.9 Å². The van der Waals surface area contributed by atoms with Crippen LogP contribution < -0.4 is 14.8 Å². The highest BCUT2D eigenvalue weighted by Crippen LogP contribution is 2.22. The molecular weight excluding hydrogens is 404 g/mol. The Kier molecular flexibility index (Phi) is 7.70. The molecule has 0 aromatic heterocycles. The fourth-order valence-electron chi connectivity index (χ4n) is 3.12. The maximum atomic E-state index is 12.5. The number of hydrogen-bond donors (Lipinski definition) is 1. The average Bonchev–Trinajstić information content (AvgIpc) is 3.29. The zero-order valence-electron chi connectivity index (χ0n) is 17.2. The maximum absolute atomic E-state index is 12.5. The van der Waals surface area contributed by atoms with Crippen LogP contribution in [0.25, 0.3) is 0 Å². The van der Waals surface area contributed by atoms with Gasteiger partial charge in [0.1, 0.15) is 11.5 Å². The molecule has 0 saturated carbocycles. The van der Waals surface area contributed by atoms with Crippen molar-refractivity contribution in [2.75, 3.05) is 31.6 Å². The second-order valence-electron chi connectivity index (χ2n) is 7.15. The van der Waals surface area contributed by atoms with Gasteiger partial charge in [0.25, 0.3) is 5.91 Å². The number of anilines is 1. The molecule has 0 aliphatic carbocycles. The van der Waals surface area contributed by atoms with Gasteiger partial charge in [-0.25, -0.2) is 8.42 Å². The van der Waals surface area contributed by atoms with Crippen molar-refractivity contribution < 1.29 is 22.7 Å². The van der Waals surface area contributed by atoms with Crippen molar-refractivity contribution in [2.45, 2.75) is 37.5 Å². The number of unbranched alkanes of at least 4 members (excludes halogenated alkanes) is 1. The van der Waals surface area contributed by atoms with Gasteiger partial charge in [-0.3, -0.25) is 4.79 Å². The predicted molar refractivity (Wildman–Crippen MR) is 115 cm³/mol. The fourth-order valence-corrected chi connectivity index (χ4v) is 4.64. The quantitative estimate of drug-likeness (QED) is 0.579. The summed E-state index contributed by atoms with van der Waals surface area (Å²) in [5.41, 5.74) is 0.514. The molecule has 1 aliphatic heterocycles. The SMILES string of the molecule is CCCCOc1cccc(OCC(=O)Nc2ccc(S(=O)(=O)N3CCCC3)cc2)c1. The normalized spacial score (nSPS) is 14.4. The van der Waals surface area contributed by atoms with Crippen molar-refractivity contribution in [3.8, 4) is 11.5 Å². The molecule has 2 aromatic rings.